The summed E-state index contributed by atoms with van der Waals surface area (Å²) >= 11 is 4.98. The minimum Gasteiger partial charge on any atom is -0.394 e. The Labute approximate surface area is 353 Å². The topological polar surface area (TPSA) is 175 Å². The summed E-state index contributed by atoms with van der Waals surface area (Å²) in [5.74, 6) is 5.14. The first-order valence-electron chi connectivity index (χ1n) is 22.3. The SMILES string of the molecule is CC(C)CCC[C@@H](C)[C@H]1CC[C@H]2[C@@H]3CC=C4C[C@@H](OCCOCCOCCOCCOP(O)(=S)OCCO[C@@H]5O[C@H](CO)[C@H](O)[C@H](O)[C@H]5O)CC[C@]4(C)[C@H]3CC[C@]12C. The van der Waals surface area contributed by atoms with Gasteiger partial charge >= 0.3 is 6.72 Å². The van der Waals surface area contributed by atoms with Crippen molar-refractivity contribution >= 4 is 18.5 Å². The van der Waals surface area contributed by atoms with Crippen LogP contribution in [-0.2, 0) is 49.3 Å². The van der Waals surface area contributed by atoms with Crippen LogP contribution in [-0.4, -0.2) is 135 Å². The van der Waals surface area contributed by atoms with Gasteiger partial charge in [0.1, 0.15) is 24.4 Å². The molecule has 1 heterocycles. The van der Waals surface area contributed by atoms with Gasteiger partial charge in [-0.1, -0.05) is 65.5 Å². The highest BCUT2D eigenvalue weighted by Gasteiger charge is 2.59. The fourth-order valence-corrected chi connectivity index (χ4v) is 12.5. The molecule has 13 nitrogen and oxygen atoms in total. The monoisotopic (exact) mass is 864 g/mol. The predicted molar refractivity (Wildman–Crippen MR) is 223 cm³/mol. The van der Waals surface area contributed by atoms with Crippen LogP contribution in [0.1, 0.15) is 105 Å². The van der Waals surface area contributed by atoms with Crippen LogP contribution >= 0.6 is 6.72 Å². The number of rotatable bonds is 25. The first-order valence-corrected chi connectivity index (χ1v) is 24.9. The van der Waals surface area contributed by atoms with Crippen molar-refractivity contribution in [1.82, 2.24) is 0 Å². The van der Waals surface area contributed by atoms with Gasteiger partial charge in [-0.15, -0.1) is 0 Å². The number of hydrogen-bond acceptors (Lipinski definition) is 13. The molecule has 15 heteroatoms. The Bertz CT molecular complexity index is 1310. The molecule has 0 radical (unpaired) electrons. The maximum atomic E-state index is 10.2. The molecule has 1 saturated heterocycles. The molecule has 4 aliphatic carbocycles. The Morgan fingerprint density at radius 1 is 0.776 bits per heavy atom. The fourth-order valence-electron chi connectivity index (χ4n) is 11.4. The van der Waals surface area contributed by atoms with E-state index in [9.17, 15) is 25.3 Å². The normalized spacial score (nSPS) is 37.8. The molecule has 338 valence electrons. The van der Waals surface area contributed by atoms with E-state index in [-0.39, 0.29) is 32.5 Å². The second kappa shape index (κ2) is 23.0. The zero-order chi connectivity index (χ0) is 41.9. The molecule has 0 aromatic heterocycles. The van der Waals surface area contributed by atoms with Crippen LogP contribution in [0.4, 0.5) is 0 Å². The van der Waals surface area contributed by atoms with Gasteiger partial charge in [-0.2, -0.15) is 0 Å². The van der Waals surface area contributed by atoms with E-state index in [0.29, 0.717) is 50.5 Å². The van der Waals surface area contributed by atoms with Crippen molar-refractivity contribution in [3.8, 4) is 0 Å². The molecule has 0 bridgehead atoms. The molecule has 0 aromatic carbocycles. The molecule has 0 spiro atoms. The largest absolute Gasteiger partial charge is 0.394 e. The van der Waals surface area contributed by atoms with Crippen molar-refractivity contribution in [1.29, 1.82) is 0 Å². The summed E-state index contributed by atoms with van der Waals surface area (Å²) in [5.41, 5.74) is 2.53. The van der Waals surface area contributed by atoms with Gasteiger partial charge in [0, 0.05) is 0 Å². The minimum absolute atomic E-state index is 0.0155. The minimum atomic E-state index is -3.56. The lowest BCUT2D eigenvalue weighted by Crippen LogP contribution is -2.59. The summed E-state index contributed by atoms with van der Waals surface area (Å²) in [6.45, 7) is 11.1. The van der Waals surface area contributed by atoms with E-state index >= 15 is 0 Å². The molecule has 1 aliphatic heterocycles. The lowest BCUT2D eigenvalue weighted by molar-refractivity contribution is -0.301. The Hall–Kier alpha value is -0.130. The van der Waals surface area contributed by atoms with Crippen molar-refractivity contribution in [3.63, 3.8) is 0 Å². The van der Waals surface area contributed by atoms with E-state index in [0.717, 1.165) is 48.3 Å². The average molecular weight is 865 g/mol. The molecular weight excluding hydrogens is 788 g/mol. The van der Waals surface area contributed by atoms with Crippen LogP contribution in [0.5, 0.6) is 0 Å². The zero-order valence-corrected chi connectivity index (χ0v) is 37.6. The van der Waals surface area contributed by atoms with Gasteiger partial charge in [-0.05, 0) is 110 Å². The molecule has 5 rings (SSSR count). The van der Waals surface area contributed by atoms with Crippen LogP contribution in [0, 0.1) is 46.3 Å². The predicted octanol–water partition coefficient (Wildman–Crippen LogP) is 5.53. The van der Waals surface area contributed by atoms with Gasteiger partial charge < -0.3 is 62.8 Å². The quantitative estimate of drug-likeness (QED) is 0.0440. The van der Waals surface area contributed by atoms with Crippen molar-refractivity contribution < 1.29 is 62.8 Å². The molecule has 5 N–H and O–H groups in total. The maximum absolute atomic E-state index is 10.2. The van der Waals surface area contributed by atoms with E-state index in [1.807, 2.05) is 0 Å². The summed E-state index contributed by atoms with van der Waals surface area (Å²) in [4.78, 5) is 10.2. The molecule has 14 atom stereocenters. The van der Waals surface area contributed by atoms with E-state index in [1.165, 1.54) is 57.8 Å². The molecule has 4 fully saturated rings. The van der Waals surface area contributed by atoms with Crippen LogP contribution < -0.4 is 0 Å². The van der Waals surface area contributed by atoms with Gasteiger partial charge in [0.2, 0.25) is 0 Å². The third-order valence-corrected chi connectivity index (χ3v) is 16.2. The van der Waals surface area contributed by atoms with Crippen LogP contribution in [0.2, 0.25) is 0 Å². The third kappa shape index (κ3) is 12.7. The number of aliphatic hydroxyl groups is 4. The van der Waals surface area contributed by atoms with Crippen molar-refractivity contribution in [3.05, 3.63) is 11.6 Å². The van der Waals surface area contributed by atoms with E-state index < -0.39 is 44.0 Å². The van der Waals surface area contributed by atoms with Gasteiger partial charge in [-0.25, -0.2) is 0 Å². The number of ether oxygens (including phenoxy) is 6. The summed E-state index contributed by atoms with van der Waals surface area (Å²) < 4.78 is 44.2. The van der Waals surface area contributed by atoms with Crippen LogP contribution in [0.25, 0.3) is 0 Å². The Balaban J connectivity index is 0.864. The lowest BCUT2D eigenvalue weighted by atomic mass is 9.47. The van der Waals surface area contributed by atoms with Crippen LogP contribution in [0.15, 0.2) is 11.6 Å². The van der Waals surface area contributed by atoms with Gasteiger partial charge in [0.15, 0.2) is 6.29 Å². The number of hydrogen-bond donors (Lipinski definition) is 5. The first-order chi connectivity index (χ1) is 27.7. The standard InChI is InChI=1S/C43H77O13PS/c1-29(2)7-6-8-30(3)34-11-12-35-33-10-9-31-27-32(13-15-42(31,4)36(33)14-16-43(34,35)5)52-23-21-50-19-17-49-18-20-51-22-25-54-57(48,58)55-26-24-53-41-40(47)39(46)38(45)37(28-44)56-41/h9,29-30,32-41,44-47H,6-8,10-28H2,1-5H3,(H,48,58)/t30-,32+,33+,34-,35+,36+,37-,38+,39+,40-,41-,42+,43-,57?/m1/s1. The zero-order valence-electron chi connectivity index (χ0n) is 35.9. The molecular formula is C43H77O13PS. The Morgan fingerprint density at radius 3 is 2.09 bits per heavy atom. The average Bonchev–Trinajstić information content (AvgIpc) is 3.55. The van der Waals surface area contributed by atoms with Gasteiger partial charge in [0.25, 0.3) is 0 Å². The summed E-state index contributed by atoms with van der Waals surface area (Å²) in [5, 5.41) is 38.9. The summed E-state index contributed by atoms with van der Waals surface area (Å²) in [7, 11) is 0. The van der Waals surface area contributed by atoms with Gasteiger partial charge in [0.05, 0.1) is 78.8 Å². The fraction of sp³-hybridized carbons (Fsp3) is 0.953. The van der Waals surface area contributed by atoms with E-state index in [2.05, 4.69) is 40.7 Å². The second-order valence-corrected chi connectivity index (χ2v) is 21.4. The van der Waals surface area contributed by atoms with Gasteiger partial charge in [-0.3, -0.25) is 0 Å². The number of allylic oxidation sites excluding steroid dienone is 1. The Morgan fingerprint density at radius 2 is 1.41 bits per heavy atom. The highest BCUT2D eigenvalue weighted by atomic mass is 32.5. The number of aliphatic hydroxyl groups excluding tert-OH is 4. The third-order valence-electron chi connectivity index (χ3n) is 14.5. The Kier molecular flexibility index (Phi) is 19.4. The number of fused-ring (bicyclic) bond motifs is 5. The lowest BCUT2D eigenvalue weighted by Gasteiger charge is -2.58. The molecule has 0 aromatic rings. The molecule has 3 saturated carbocycles. The summed E-state index contributed by atoms with van der Waals surface area (Å²) in [6, 6.07) is 0. The van der Waals surface area contributed by atoms with E-state index in [4.69, 9.17) is 49.3 Å². The van der Waals surface area contributed by atoms with Crippen molar-refractivity contribution in [2.45, 2.75) is 142 Å². The molecule has 1 unspecified atom stereocenters. The highest BCUT2D eigenvalue weighted by Crippen LogP contribution is 2.67. The first kappa shape index (κ1) is 48.9. The van der Waals surface area contributed by atoms with E-state index in [1.54, 1.807) is 5.57 Å². The second-order valence-electron chi connectivity index (χ2n) is 18.6. The highest BCUT2D eigenvalue weighted by molar-refractivity contribution is 8.07. The van der Waals surface area contributed by atoms with Crippen molar-refractivity contribution in [2.24, 2.45) is 46.3 Å². The smallest absolute Gasteiger partial charge is 0.324 e. The maximum Gasteiger partial charge on any atom is 0.324 e. The van der Waals surface area contributed by atoms with Crippen LogP contribution in [0.3, 0.4) is 0 Å². The molecule has 0 amide bonds. The molecule has 58 heavy (non-hydrogen) atoms. The van der Waals surface area contributed by atoms with Crippen molar-refractivity contribution in [2.75, 3.05) is 72.7 Å². The summed E-state index contributed by atoms with van der Waals surface area (Å²) in [6.07, 6.45) is 10.6. The molecule has 5 aliphatic rings.